The van der Waals surface area contributed by atoms with Crippen LogP contribution in [-0.2, 0) is 4.79 Å². The second-order valence-electron chi connectivity index (χ2n) is 6.71. The van der Waals surface area contributed by atoms with E-state index in [1.54, 1.807) is 0 Å². The summed E-state index contributed by atoms with van der Waals surface area (Å²) in [6.45, 7) is 4.17. The maximum Gasteiger partial charge on any atom is 0.189 e. The summed E-state index contributed by atoms with van der Waals surface area (Å²) in [7, 11) is 0. The zero-order valence-corrected chi connectivity index (χ0v) is 14.8. The summed E-state index contributed by atoms with van der Waals surface area (Å²) in [4.78, 5) is 11.4. The summed E-state index contributed by atoms with van der Waals surface area (Å²) >= 11 is 0. The third-order valence-electron chi connectivity index (χ3n) is 4.33. The lowest BCUT2D eigenvalue weighted by atomic mass is 10.0. The topological polar surface area (TPSA) is 44.7 Å². The maximum absolute atomic E-state index is 11.4. The summed E-state index contributed by atoms with van der Waals surface area (Å²) in [6.07, 6.45) is 19.8. The summed E-state index contributed by atoms with van der Waals surface area (Å²) in [5.74, 6) is 0.328. The molecule has 21 heavy (non-hydrogen) atoms. The zero-order chi connectivity index (χ0) is 15.8. The van der Waals surface area contributed by atoms with Gasteiger partial charge in [-0.2, -0.15) is 0 Å². The highest BCUT2D eigenvalue weighted by Crippen LogP contribution is 2.13. The first-order valence-corrected chi connectivity index (χ1v) is 9.54. The fourth-order valence-corrected chi connectivity index (χ4v) is 2.74. The van der Waals surface area contributed by atoms with Gasteiger partial charge in [0.2, 0.25) is 0 Å². The monoisotopic (exact) mass is 298 g/mol. The number of hydrogen-bond acceptors (Lipinski definition) is 1. The predicted octanol–water partition coefficient (Wildman–Crippen LogP) is 5.06. The molecule has 2 heteroatoms. The fourth-order valence-electron chi connectivity index (χ4n) is 2.74. The van der Waals surface area contributed by atoms with Gasteiger partial charge in [-0.15, -0.1) is 0 Å². The number of quaternary nitrogens is 1. The Balaban J connectivity index is 3.04. The van der Waals surface area contributed by atoms with Crippen LogP contribution < -0.4 is 5.73 Å². The molecule has 0 amide bonds. The van der Waals surface area contributed by atoms with E-state index in [4.69, 9.17) is 0 Å². The van der Waals surface area contributed by atoms with E-state index < -0.39 is 0 Å². The molecule has 0 aromatic heterocycles. The van der Waals surface area contributed by atoms with E-state index in [0.717, 1.165) is 12.8 Å². The number of ketones is 1. The van der Waals surface area contributed by atoms with Crippen molar-refractivity contribution in [2.24, 2.45) is 0 Å². The number of Topliss-reactive ketones (excluding diaryl/α,β-unsaturated/α-hetero) is 1. The Hall–Kier alpha value is -0.370. The molecule has 0 aliphatic carbocycles. The van der Waals surface area contributed by atoms with Crippen LogP contribution in [0.15, 0.2) is 0 Å². The molecule has 0 spiro atoms. The summed E-state index contributed by atoms with van der Waals surface area (Å²) < 4.78 is 0. The van der Waals surface area contributed by atoms with Gasteiger partial charge in [0.15, 0.2) is 5.78 Å². The molecular weight excluding hydrogens is 258 g/mol. The van der Waals surface area contributed by atoms with Crippen molar-refractivity contribution in [3.05, 3.63) is 0 Å². The Labute approximate surface area is 133 Å². The summed E-state index contributed by atoms with van der Waals surface area (Å²) in [5.41, 5.74) is 3.77. The van der Waals surface area contributed by atoms with Crippen LogP contribution in [0, 0.1) is 0 Å². The van der Waals surface area contributed by atoms with Crippen LogP contribution in [0.2, 0.25) is 0 Å². The molecule has 0 aromatic rings. The lowest BCUT2D eigenvalue weighted by Gasteiger charge is -2.03. The van der Waals surface area contributed by atoms with Crippen molar-refractivity contribution in [3.63, 3.8) is 0 Å². The molecule has 0 saturated heterocycles. The van der Waals surface area contributed by atoms with Gasteiger partial charge in [0.05, 0.1) is 0 Å². The molecule has 0 aliphatic rings. The molecule has 0 saturated carbocycles. The van der Waals surface area contributed by atoms with Gasteiger partial charge in [-0.3, -0.25) is 4.79 Å². The van der Waals surface area contributed by atoms with Gasteiger partial charge in [0, 0.05) is 6.42 Å². The van der Waals surface area contributed by atoms with Crippen LogP contribution in [0.5, 0.6) is 0 Å². The minimum absolute atomic E-state index is 0.0213. The van der Waals surface area contributed by atoms with Crippen LogP contribution in [0.4, 0.5) is 0 Å². The maximum atomic E-state index is 11.4. The molecular formula is C19H40NO+. The Morgan fingerprint density at radius 1 is 0.714 bits per heavy atom. The number of carbonyl (C=O) groups is 1. The zero-order valence-electron chi connectivity index (χ0n) is 14.8. The summed E-state index contributed by atoms with van der Waals surface area (Å²) in [5, 5.41) is 0. The molecule has 0 aliphatic heterocycles. The lowest BCUT2D eigenvalue weighted by molar-refractivity contribution is -0.397. The van der Waals surface area contributed by atoms with Crippen molar-refractivity contribution in [1.29, 1.82) is 0 Å². The van der Waals surface area contributed by atoms with E-state index in [9.17, 15) is 4.79 Å². The number of rotatable bonds is 16. The van der Waals surface area contributed by atoms with Gasteiger partial charge in [-0.25, -0.2) is 0 Å². The smallest absolute Gasteiger partial charge is 0.189 e. The third-order valence-corrected chi connectivity index (χ3v) is 4.33. The van der Waals surface area contributed by atoms with Crippen molar-refractivity contribution in [2.45, 2.75) is 116 Å². The second-order valence-corrected chi connectivity index (χ2v) is 6.71. The van der Waals surface area contributed by atoms with Crippen molar-refractivity contribution in [3.8, 4) is 0 Å². The number of unbranched alkanes of at least 4 members (excludes halogenated alkanes) is 13. The normalized spacial score (nSPS) is 12.5. The van der Waals surface area contributed by atoms with Gasteiger partial charge in [0.25, 0.3) is 0 Å². The average molecular weight is 299 g/mol. The van der Waals surface area contributed by atoms with Gasteiger partial charge >= 0.3 is 0 Å². The first-order valence-electron chi connectivity index (χ1n) is 9.54. The molecule has 2 nitrogen and oxygen atoms in total. The second kappa shape index (κ2) is 16.0. The predicted molar refractivity (Wildman–Crippen MR) is 92.3 cm³/mol. The molecule has 3 N–H and O–H groups in total. The Morgan fingerprint density at radius 2 is 1.05 bits per heavy atom. The molecule has 1 atom stereocenters. The summed E-state index contributed by atoms with van der Waals surface area (Å²) in [6, 6.07) is -0.0213. The standard InChI is InChI=1S/C19H39NO/c1-3-4-5-6-7-8-9-10-11-12-13-14-15-16-17-19(21)18(2)20/h18H,3-17,20H2,1-2H3/p+1/t18-/m0/s1. The van der Waals surface area contributed by atoms with Crippen LogP contribution >= 0.6 is 0 Å². The van der Waals surface area contributed by atoms with Gasteiger partial charge in [-0.1, -0.05) is 90.4 Å². The van der Waals surface area contributed by atoms with E-state index in [0.29, 0.717) is 5.78 Å². The van der Waals surface area contributed by atoms with E-state index in [1.165, 1.54) is 83.5 Å². The van der Waals surface area contributed by atoms with Crippen molar-refractivity contribution >= 4 is 5.78 Å². The van der Waals surface area contributed by atoms with Gasteiger partial charge in [0.1, 0.15) is 6.04 Å². The molecule has 0 fully saturated rings. The van der Waals surface area contributed by atoms with Crippen molar-refractivity contribution < 1.29 is 10.5 Å². The highest BCUT2D eigenvalue weighted by molar-refractivity contribution is 5.81. The first-order chi connectivity index (χ1) is 10.2. The Morgan fingerprint density at radius 3 is 1.38 bits per heavy atom. The minimum atomic E-state index is -0.0213. The van der Waals surface area contributed by atoms with E-state index in [-0.39, 0.29) is 6.04 Å². The molecule has 0 radical (unpaired) electrons. The third kappa shape index (κ3) is 15.8. The van der Waals surface area contributed by atoms with Crippen LogP contribution in [0.3, 0.4) is 0 Å². The van der Waals surface area contributed by atoms with Gasteiger partial charge < -0.3 is 5.73 Å². The Bertz CT molecular complexity index is 226. The highest BCUT2D eigenvalue weighted by Gasteiger charge is 2.09. The van der Waals surface area contributed by atoms with Crippen molar-refractivity contribution in [1.82, 2.24) is 0 Å². The van der Waals surface area contributed by atoms with E-state index in [2.05, 4.69) is 12.7 Å². The highest BCUT2D eigenvalue weighted by atomic mass is 16.1. The van der Waals surface area contributed by atoms with Crippen LogP contribution in [-0.4, -0.2) is 11.8 Å². The van der Waals surface area contributed by atoms with Gasteiger partial charge in [-0.05, 0) is 13.3 Å². The average Bonchev–Trinajstić information content (AvgIpc) is 2.47. The number of hydrogen-bond donors (Lipinski definition) is 1. The minimum Gasteiger partial charge on any atom is -0.349 e. The molecule has 0 bridgehead atoms. The van der Waals surface area contributed by atoms with Crippen LogP contribution in [0.1, 0.15) is 110 Å². The SMILES string of the molecule is CCCCCCCCCCCCCCCCC(=O)[C@H](C)[NH3+]. The molecule has 0 rings (SSSR count). The number of carbonyl (C=O) groups excluding carboxylic acids is 1. The molecule has 0 heterocycles. The fraction of sp³-hybridized carbons (Fsp3) is 0.947. The molecule has 0 aromatic carbocycles. The quantitative estimate of drug-likeness (QED) is 0.398. The Kier molecular flexibility index (Phi) is 15.7. The first kappa shape index (κ1) is 20.6. The lowest BCUT2D eigenvalue weighted by Crippen LogP contribution is -2.63. The van der Waals surface area contributed by atoms with E-state index >= 15 is 0 Å². The van der Waals surface area contributed by atoms with Crippen molar-refractivity contribution in [2.75, 3.05) is 0 Å². The largest absolute Gasteiger partial charge is 0.349 e. The van der Waals surface area contributed by atoms with Crippen LogP contribution in [0.25, 0.3) is 0 Å². The molecule has 0 unspecified atom stereocenters. The van der Waals surface area contributed by atoms with E-state index in [1.807, 2.05) is 6.92 Å². The molecule has 126 valence electrons.